The number of thioether (sulfide) groups is 1. The summed E-state index contributed by atoms with van der Waals surface area (Å²) in [5.41, 5.74) is 2.23. The Morgan fingerprint density at radius 3 is 2.28 bits per heavy atom. The van der Waals surface area contributed by atoms with E-state index in [0.717, 1.165) is 16.0 Å². The quantitative estimate of drug-likeness (QED) is 0.606. The zero-order valence-corrected chi connectivity index (χ0v) is 14.6. The maximum absolute atomic E-state index is 13.5. The number of carbonyl (C=O) groups is 1. The van der Waals surface area contributed by atoms with Crippen LogP contribution in [0.4, 0.5) is 10.1 Å². The topological polar surface area (TPSA) is 29.1 Å². The zero-order chi connectivity index (χ0) is 17.6. The largest absolute Gasteiger partial charge is 0.324 e. The van der Waals surface area contributed by atoms with Crippen molar-refractivity contribution < 1.29 is 9.18 Å². The predicted molar refractivity (Wildman–Crippen MR) is 101 cm³/mol. The van der Waals surface area contributed by atoms with Crippen LogP contribution in [-0.4, -0.2) is 5.91 Å². The van der Waals surface area contributed by atoms with Crippen LogP contribution in [-0.2, 0) is 4.79 Å². The molecular weight excluding hydrogens is 333 g/mol. The molecule has 1 atom stereocenters. The molecule has 0 saturated carbocycles. The number of aryl methyl sites for hydroxylation is 1. The van der Waals surface area contributed by atoms with Gasteiger partial charge >= 0.3 is 0 Å². The number of anilines is 1. The molecule has 3 aromatic carbocycles. The van der Waals surface area contributed by atoms with E-state index in [9.17, 15) is 9.18 Å². The molecule has 0 aromatic heterocycles. The number of amides is 1. The number of benzene rings is 3. The van der Waals surface area contributed by atoms with Gasteiger partial charge in [0.15, 0.2) is 0 Å². The highest BCUT2D eigenvalue weighted by Gasteiger charge is 2.22. The van der Waals surface area contributed by atoms with E-state index in [-0.39, 0.29) is 11.7 Å². The summed E-state index contributed by atoms with van der Waals surface area (Å²) in [6.07, 6.45) is 0. The SMILES string of the molecule is Cc1ccc(F)cc1NC(=O)[C@@H](Sc1ccccc1)c1ccccc1. The third-order valence-corrected chi connectivity index (χ3v) is 5.06. The van der Waals surface area contributed by atoms with Gasteiger partial charge in [-0.3, -0.25) is 4.79 Å². The average molecular weight is 351 g/mol. The van der Waals surface area contributed by atoms with Crippen molar-refractivity contribution in [3.63, 3.8) is 0 Å². The Kier molecular flexibility index (Phi) is 5.51. The monoisotopic (exact) mass is 351 g/mol. The summed E-state index contributed by atoms with van der Waals surface area (Å²) in [5.74, 6) is -0.540. The Morgan fingerprint density at radius 2 is 1.60 bits per heavy atom. The molecular formula is C21H18FNOS. The molecule has 0 spiro atoms. The smallest absolute Gasteiger partial charge is 0.242 e. The standard InChI is InChI=1S/C21H18FNOS/c1-15-12-13-17(22)14-19(15)23-21(24)20(16-8-4-2-5-9-16)25-18-10-6-3-7-11-18/h2-14,20H,1H3,(H,23,24)/t20-/m0/s1. The molecule has 126 valence electrons. The number of carbonyl (C=O) groups excluding carboxylic acids is 1. The fraction of sp³-hybridized carbons (Fsp3) is 0.0952. The van der Waals surface area contributed by atoms with Gasteiger partial charge in [0.1, 0.15) is 11.1 Å². The van der Waals surface area contributed by atoms with E-state index in [0.29, 0.717) is 5.69 Å². The summed E-state index contributed by atoms with van der Waals surface area (Å²) in [4.78, 5) is 13.9. The van der Waals surface area contributed by atoms with Gasteiger partial charge in [-0.2, -0.15) is 0 Å². The van der Waals surface area contributed by atoms with Crippen molar-refractivity contribution in [3.05, 3.63) is 95.8 Å². The minimum absolute atomic E-state index is 0.172. The number of hydrogen-bond donors (Lipinski definition) is 1. The second-order valence-corrected chi connectivity index (χ2v) is 6.85. The van der Waals surface area contributed by atoms with Gasteiger partial charge in [0.25, 0.3) is 0 Å². The lowest BCUT2D eigenvalue weighted by Crippen LogP contribution is -2.19. The van der Waals surface area contributed by atoms with Gasteiger partial charge in [0, 0.05) is 10.6 Å². The molecule has 25 heavy (non-hydrogen) atoms. The van der Waals surface area contributed by atoms with Crippen molar-refractivity contribution in [1.82, 2.24) is 0 Å². The normalized spacial score (nSPS) is 11.8. The highest BCUT2D eigenvalue weighted by Crippen LogP contribution is 2.36. The summed E-state index contributed by atoms with van der Waals surface area (Å²) < 4.78 is 13.5. The van der Waals surface area contributed by atoms with Gasteiger partial charge in [-0.05, 0) is 42.3 Å². The van der Waals surface area contributed by atoms with E-state index in [1.54, 1.807) is 6.07 Å². The molecule has 3 aromatic rings. The highest BCUT2D eigenvalue weighted by atomic mass is 32.2. The van der Waals surface area contributed by atoms with Crippen molar-refractivity contribution in [1.29, 1.82) is 0 Å². The molecule has 4 heteroatoms. The fourth-order valence-corrected chi connectivity index (χ4v) is 3.51. The Hall–Kier alpha value is -2.59. The van der Waals surface area contributed by atoms with Gasteiger partial charge < -0.3 is 5.32 Å². The lowest BCUT2D eigenvalue weighted by molar-refractivity contribution is -0.115. The second-order valence-electron chi connectivity index (χ2n) is 5.67. The van der Waals surface area contributed by atoms with Gasteiger partial charge in [-0.15, -0.1) is 11.8 Å². The van der Waals surface area contributed by atoms with E-state index in [1.807, 2.05) is 67.6 Å². The molecule has 0 aliphatic heterocycles. The summed E-state index contributed by atoms with van der Waals surface area (Å²) in [6, 6.07) is 23.8. The summed E-state index contributed by atoms with van der Waals surface area (Å²) in [5, 5.41) is 2.45. The van der Waals surface area contributed by atoms with Crippen LogP contribution in [0.15, 0.2) is 83.8 Å². The second kappa shape index (κ2) is 7.99. The molecule has 0 saturated heterocycles. The summed E-state index contributed by atoms with van der Waals surface area (Å²) in [6.45, 7) is 1.84. The molecule has 1 N–H and O–H groups in total. The van der Waals surface area contributed by atoms with Gasteiger partial charge in [0.2, 0.25) is 5.91 Å². The zero-order valence-electron chi connectivity index (χ0n) is 13.8. The van der Waals surface area contributed by atoms with Crippen molar-refractivity contribution in [3.8, 4) is 0 Å². The minimum atomic E-state index is -0.425. The van der Waals surface area contributed by atoms with Crippen LogP contribution in [0.3, 0.4) is 0 Å². The Balaban J connectivity index is 1.88. The number of hydrogen-bond acceptors (Lipinski definition) is 2. The van der Waals surface area contributed by atoms with Crippen LogP contribution in [0.25, 0.3) is 0 Å². The Morgan fingerprint density at radius 1 is 0.960 bits per heavy atom. The summed E-state index contributed by atoms with van der Waals surface area (Å²) >= 11 is 1.47. The molecule has 0 aliphatic carbocycles. The molecule has 0 unspecified atom stereocenters. The molecule has 2 nitrogen and oxygen atoms in total. The molecule has 1 amide bonds. The van der Waals surface area contributed by atoms with Crippen molar-refractivity contribution in [2.45, 2.75) is 17.1 Å². The minimum Gasteiger partial charge on any atom is -0.324 e. The van der Waals surface area contributed by atoms with Crippen LogP contribution in [0.5, 0.6) is 0 Å². The van der Waals surface area contributed by atoms with E-state index >= 15 is 0 Å². The first-order valence-corrected chi connectivity index (χ1v) is 8.85. The Bertz CT molecular complexity index is 852. The van der Waals surface area contributed by atoms with Gasteiger partial charge in [-0.1, -0.05) is 54.6 Å². The predicted octanol–water partition coefficient (Wildman–Crippen LogP) is 5.61. The third kappa shape index (κ3) is 4.48. The van der Waals surface area contributed by atoms with Crippen LogP contribution in [0.2, 0.25) is 0 Å². The molecule has 0 heterocycles. The lowest BCUT2D eigenvalue weighted by Gasteiger charge is -2.18. The molecule has 0 bridgehead atoms. The molecule has 0 fully saturated rings. The Labute approximate surface area is 151 Å². The maximum atomic E-state index is 13.5. The van der Waals surface area contributed by atoms with Crippen molar-refractivity contribution >= 4 is 23.4 Å². The van der Waals surface area contributed by atoms with Crippen LogP contribution < -0.4 is 5.32 Å². The average Bonchev–Trinajstić information content (AvgIpc) is 2.64. The van der Waals surface area contributed by atoms with E-state index in [1.165, 1.54) is 23.9 Å². The van der Waals surface area contributed by atoms with E-state index in [2.05, 4.69) is 5.32 Å². The van der Waals surface area contributed by atoms with E-state index in [4.69, 9.17) is 0 Å². The van der Waals surface area contributed by atoms with Crippen molar-refractivity contribution in [2.24, 2.45) is 0 Å². The van der Waals surface area contributed by atoms with Gasteiger partial charge in [-0.25, -0.2) is 4.39 Å². The first kappa shape index (κ1) is 17.2. The maximum Gasteiger partial charge on any atom is 0.242 e. The van der Waals surface area contributed by atoms with Crippen molar-refractivity contribution in [2.75, 3.05) is 5.32 Å². The first-order chi connectivity index (χ1) is 12.1. The van der Waals surface area contributed by atoms with Gasteiger partial charge in [0.05, 0.1) is 0 Å². The molecule has 0 radical (unpaired) electrons. The molecule has 3 rings (SSSR count). The molecule has 0 aliphatic rings. The number of nitrogens with one attached hydrogen (secondary N) is 1. The number of halogens is 1. The number of rotatable bonds is 5. The summed E-state index contributed by atoms with van der Waals surface area (Å²) in [7, 11) is 0. The van der Waals surface area contributed by atoms with Crippen LogP contribution in [0, 0.1) is 12.7 Å². The lowest BCUT2D eigenvalue weighted by atomic mass is 10.1. The van der Waals surface area contributed by atoms with Crippen LogP contribution in [0.1, 0.15) is 16.4 Å². The fourth-order valence-electron chi connectivity index (χ4n) is 2.46. The first-order valence-electron chi connectivity index (χ1n) is 7.97. The van der Waals surface area contributed by atoms with E-state index < -0.39 is 5.25 Å². The third-order valence-electron chi connectivity index (χ3n) is 3.80. The van der Waals surface area contributed by atoms with Crippen LogP contribution >= 0.6 is 11.8 Å². The highest BCUT2D eigenvalue weighted by molar-refractivity contribution is 8.00.